The zero-order valence-corrected chi connectivity index (χ0v) is 16.3. The minimum Gasteiger partial charge on any atom is -0.490 e. The van der Waals surface area contributed by atoms with Crippen LogP contribution in [0.5, 0.6) is 11.5 Å². The molecule has 3 aromatic rings. The highest BCUT2D eigenvalue weighted by molar-refractivity contribution is 7.09. The maximum absolute atomic E-state index is 6.48. The zero-order valence-electron chi connectivity index (χ0n) is 14.7. The number of nitrogens with one attached hydrogen (secondary N) is 1. The molecule has 0 radical (unpaired) electrons. The van der Waals surface area contributed by atoms with Gasteiger partial charge >= 0.3 is 0 Å². The Hall–Kier alpha value is -2.01. The van der Waals surface area contributed by atoms with Gasteiger partial charge in [0.05, 0.1) is 11.6 Å². The van der Waals surface area contributed by atoms with Gasteiger partial charge in [-0.25, -0.2) is 0 Å². The van der Waals surface area contributed by atoms with Crippen molar-refractivity contribution in [1.29, 1.82) is 0 Å². The lowest BCUT2D eigenvalue weighted by Gasteiger charge is -2.15. The van der Waals surface area contributed by atoms with Crippen molar-refractivity contribution in [3.63, 3.8) is 0 Å². The van der Waals surface area contributed by atoms with Crippen molar-refractivity contribution >= 4 is 22.9 Å². The molecule has 0 amide bonds. The van der Waals surface area contributed by atoms with Gasteiger partial charge in [-0.1, -0.05) is 48.0 Å². The van der Waals surface area contributed by atoms with Crippen LogP contribution >= 0.6 is 22.9 Å². The van der Waals surface area contributed by atoms with Crippen molar-refractivity contribution in [1.82, 2.24) is 5.32 Å². The van der Waals surface area contributed by atoms with Crippen LogP contribution in [0.25, 0.3) is 0 Å². The lowest BCUT2D eigenvalue weighted by molar-refractivity contribution is 0.269. The van der Waals surface area contributed by atoms with Gasteiger partial charge in [0.15, 0.2) is 11.5 Å². The van der Waals surface area contributed by atoms with E-state index < -0.39 is 0 Å². The van der Waals surface area contributed by atoms with Gasteiger partial charge in [0, 0.05) is 18.0 Å². The molecule has 0 fully saturated rings. The first-order chi connectivity index (χ1) is 12.8. The van der Waals surface area contributed by atoms with E-state index in [-0.39, 0.29) is 0 Å². The van der Waals surface area contributed by atoms with Crippen molar-refractivity contribution < 1.29 is 9.47 Å². The SMILES string of the molecule is CCOc1cc(CNCc2cccs2)cc(Cl)c1OCc1ccccc1. The number of thiophene rings is 1. The second kappa shape index (κ2) is 9.62. The maximum Gasteiger partial charge on any atom is 0.180 e. The quantitative estimate of drug-likeness (QED) is 0.513. The van der Waals surface area contributed by atoms with Crippen LogP contribution in [0.3, 0.4) is 0 Å². The molecule has 0 aliphatic heterocycles. The molecule has 0 saturated heterocycles. The minimum atomic E-state index is 0.455. The molecule has 0 bridgehead atoms. The molecule has 0 unspecified atom stereocenters. The minimum absolute atomic E-state index is 0.455. The van der Waals surface area contributed by atoms with E-state index in [0.717, 1.165) is 24.2 Å². The maximum atomic E-state index is 6.48. The summed E-state index contributed by atoms with van der Waals surface area (Å²) in [5.41, 5.74) is 2.16. The standard InChI is InChI=1S/C21H22ClNO2S/c1-2-24-20-12-17(13-23-14-18-9-6-10-26-18)11-19(22)21(20)25-15-16-7-4-3-5-8-16/h3-12,23H,2,13-15H2,1H3. The van der Waals surface area contributed by atoms with Gasteiger partial charge in [-0.15, -0.1) is 11.3 Å². The van der Waals surface area contributed by atoms with E-state index in [0.29, 0.717) is 29.7 Å². The highest BCUT2D eigenvalue weighted by Crippen LogP contribution is 2.37. The van der Waals surface area contributed by atoms with Crippen molar-refractivity contribution in [3.05, 3.63) is 81.0 Å². The summed E-state index contributed by atoms with van der Waals surface area (Å²) in [4.78, 5) is 1.31. The van der Waals surface area contributed by atoms with Crippen LogP contribution in [-0.4, -0.2) is 6.61 Å². The highest BCUT2D eigenvalue weighted by Gasteiger charge is 2.13. The Morgan fingerprint density at radius 1 is 0.962 bits per heavy atom. The first-order valence-corrected chi connectivity index (χ1v) is 9.87. The third kappa shape index (κ3) is 5.24. The van der Waals surface area contributed by atoms with Gasteiger partial charge in [0.1, 0.15) is 6.61 Å². The van der Waals surface area contributed by atoms with Crippen LogP contribution in [0, 0.1) is 0 Å². The molecule has 3 nitrogen and oxygen atoms in total. The predicted molar refractivity (Wildman–Crippen MR) is 108 cm³/mol. The molecule has 1 heterocycles. The summed E-state index contributed by atoms with van der Waals surface area (Å²) in [6.07, 6.45) is 0. The van der Waals surface area contributed by atoms with E-state index in [2.05, 4.69) is 22.8 Å². The lowest BCUT2D eigenvalue weighted by atomic mass is 10.2. The van der Waals surface area contributed by atoms with E-state index in [4.69, 9.17) is 21.1 Å². The molecule has 0 saturated carbocycles. The van der Waals surface area contributed by atoms with Gasteiger partial charge in [-0.05, 0) is 41.6 Å². The van der Waals surface area contributed by atoms with Crippen LogP contribution in [0.4, 0.5) is 0 Å². The second-order valence-corrected chi connectivity index (χ2v) is 7.23. The molecule has 136 valence electrons. The summed E-state index contributed by atoms with van der Waals surface area (Å²) in [7, 11) is 0. The van der Waals surface area contributed by atoms with E-state index in [1.54, 1.807) is 11.3 Å². The Morgan fingerprint density at radius 3 is 2.54 bits per heavy atom. The summed E-state index contributed by atoms with van der Waals surface area (Å²) in [6.45, 7) is 4.53. The monoisotopic (exact) mass is 387 g/mol. The fourth-order valence-corrected chi connectivity index (χ4v) is 3.56. The average molecular weight is 388 g/mol. The molecular weight excluding hydrogens is 366 g/mol. The molecule has 5 heteroatoms. The Morgan fingerprint density at radius 2 is 1.81 bits per heavy atom. The fourth-order valence-electron chi connectivity index (χ4n) is 2.60. The number of hydrogen-bond acceptors (Lipinski definition) is 4. The van der Waals surface area contributed by atoms with Crippen LogP contribution in [-0.2, 0) is 19.7 Å². The normalized spacial score (nSPS) is 10.7. The van der Waals surface area contributed by atoms with Crippen LogP contribution in [0.1, 0.15) is 22.9 Å². The number of rotatable bonds is 9. The van der Waals surface area contributed by atoms with E-state index in [1.165, 1.54) is 4.88 Å². The van der Waals surface area contributed by atoms with Crippen LogP contribution in [0.15, 0.2) is 60.0 Å². The second-order valence-electron chi connectivity index (χ2n) is 5.80. The Labute approximate surface area is 163 Å². The fraction of sp³-hybridized carbons (Fsp3) is 0.238. The van der Waals surface area contributed by atoms with Crippen LogP contribution < -0.4 is 14.8 Å². The largest absolute Gasteiger partial charge is 0.490 e. The smallest absolute Gasteiger partial charge is 0.180 e. The number of benzene rings is 2. The van der Waals surface area contributed by atoms with Gasteiger partial charge in [-0.3, -0.25) is 0 Å². The molecule has 0 atom stereocenters. The summed E-state index contributed by atoms with van der Waals surface area (Å²) >= 11 is 8.23. The third-order valence-corrected chi connectivity index (χ3v) is 4.96. The van der Waals surface area contributed by atoms with Crippen molar-refractivity contribution in [2.75, 3.05) is 6.61 Å². The van der Waals surface area contributed by atoms with Crippen molar-refractivity contribution in [3.8, 4) is 11.5 Å². The molecule has 0 aliphatic rings. The topological polar surface area (TPSA) is 30.5 Å². The summed E-state index contributed by atoms with van der Waals surface area (Å²) in [5, 5.41) is 6.09. The summed E-state index contributed by atoms with van der Waals surface area (Å²) in [5.74, 6) is 1.28. The first kappa shape index (κ1) is 18.8. The number of ether oxygens (including phenoxy) is 2. The van der Waals surface area contributed by atoms with Gasteiger partial charge in [0.2, 0.25) is 0 Å². The Kier molecular flexibility index (Phi) is 6.95. The zero-order chi connectivity index (χ0) is 18.2. The highest BCUT2D eigenvalue weighted by atomic mass is 35.5. The Balaban J connectivity index is 1.68. The molecule has 26 heavy (non-hydrogen) atoms. The first-order valence-electron chi connectivity index (χ1n) is 8.61. The molecular formula is C21H22ClNO2S. The molecule has 1 aromatic heterocycles. The van der Waals surface area contributed by atoms with E-state index in [1.807, 2.05) is 49.4 Å². The summed E-state index contributed by atoms with van der Waals surface area (Å²) in [6, 6.07) is 18.1. The third-order valence-electron chi connectivity index (χ3n) is 3.80. The van der Waals surface area contributed by atoms with Gasteiger partial charge in [-0.2, -0.15) is 0 Å². The van der Waals surface area contributed by atoms with Crippen LogP contribution in [0.2, 0.25) is 5.02 Å². The van der Waals surface area contributed by atoms with Crippen molar-refractivity contribution in [2.24, 2.45) is 0 Å². The molecule has 0 spiro atoms. The molecule has 0 aliphatic carbocycles. The van der Waals surface area contributed by atoms with Gasteiger partial charge in [0.25, 0.3) is 0 Å². The number of hydrogen-bond donors (Lipinski definition) is 1. The Bertz CT molecular complexity index is 806. The van der Waals surface area contributed by atoms with E-state index >= 15 is 0 Å². The lowest BCUT2D eigenvalue weighted by Crippen LogP contribution is -2.12. The molecule has 2 aromatic carbocycles. The predicted octanol–water partition coefficient (Wildman–Crippen LogP) is 5.67. The summed E-state index contributed by atoms with van der Waals surface area (Å²) < 4.78 is 11.7. The average Bonchev–Trinajstić information content (AvgIpc) is 3.16. The van der Waals surface area contributed by atoms with Gasteiger partial charge < -0.3 is 14.8 Å². The van der Waals surface area contributed by atoms with E-state index in [9.17, 15) is 0 Å². The van der Waals surface area contributed by atoms with Crippen molar-refractivity contribution in [2.45, 2.75) is 26.6 Å². The molecule has 3 rings (SSSR count). The molecule has 1 N–H and O–H groups in total. The number of halogens is 1.